The topological polar surface area (TPSA) is 27.7 Å². The Morgan fingerprint density at radius 1 is 0.857 bits per heavy atom. The molecule has 82 valence electrons. The number of hydrogen-bond donors (Lipinski definition) is 0. The van der Waals surface area contributed by atoms with Crippen LogP contribution in [0.15, 0.2) is 0 Å². The Labute approximate surface area is 85.7 Å². The standard InChI is InChI=1S/C11H20O3/c1-9(2)7-8(10(9,3)4)14-11(5,12-6)13-7/h7-8H,1-6H3. The summed E-state index contributed by atoms with van der Waals surface area (Å²) in [6.45, 7) is 10.7. The summed E-state index contributed by atoms with van der Waals surface area (Å²) in [5.74, 6) is -0.847. The van der Waals surface area contributed by atoms with Crippen molar-refractivity contribution in [1.82, 2.24) is 0 Å². The van der Waals surface area contributed by atoms with Crippen molar-refractivity contribution < 1.29 is 14.2 Å². The van der Waals surface area contributed by atoms with Crippen LogP contribution in [0.2, 0.25) is 0 Å². The first-order valence-corrected chi connectivity index (χ1v) is 5.15. The van der Waals surface area contributed by atoms with E-state index in [1.54, 1.807) is 7.11 Å². The third-order valence-electron chi connectivity index (χ3n) is 4.41. The molecule has 0 aromatic heterocycles. The molecule has 0 bridgehead atoms. The minimum Gasteiger partial charge on any atom is -0.331 e. The van der Waals surface area contributed by atoms with E-state index >= 15 is 0 Å². The molecule has 2 atom stereocenters. The number of fused-ring (bicyclic) bond motifs is 1. The van der Waals surface area contributed by atoms with E-state index in [9.17, 15) is 0 Å². The maximum atomic E-state index is 5.80. The molecular weight excluding hydrogens is 180 g/mol. The van der Waals surface area contributed by atoms with E-state index in [1.807, 2.05) is 6.92 Å². The van der Waals surface area contributed by atoms with Crippen molar-refractivity contribution in [3.05, 3.63) is 0 Å². The zero-order valence-corrected chi connectivity index (χ0v) is 9.88. The van der Waals surface area contributed by atoms with Gasteiger partial charge in [0.15, 0.2) is 0 Å². The second kappa shape index (κ2) is 2.52. The third-order valence-corrected chi connectivity index (χ3v) is 4.41. The normalized spacial score (nSPS) is 48.4. The Morgan fingerprint density at radius 3 is 1.50 bits per heavy atom. The summed E-state index contributed by atoms with van der Waals surface area (Å²) in [5.41, 5.74) is 0.294. The van der Waals surface area contributed by atoms with Gasteiger partial charge in [-0.3, -0.25) is 0 Å². The molecule has 2 aliphatic rings. The molecule has 1 saturated carbocycles. The van der Waals surface area contributed by atoms with Crippen molar-refractivity contribution in [1.29, 1.82) is 0 Å². The fourth-order valence-corrected chi connectivity index (χ4v) is 2.40. The molecule has 2 fully saturated rings. The number of rotatable bonds is 1. The molecule has 2 rings (SSSR count). The monoisotopic (exact) mass is 200 g/mol. The van der Waals surface area contributed by atoms with Gasteiger partial charge in [-0.15, -0.1) is 0 Å². The molecule has 3 heteroatoms. The van der Waals surface area contributed by atoms with Crippen molar-refractivity contribution in [2.45, 2.75) is 52.8 Å². The highest BCUT2D eigenvalue weighted by Gasteiger charge is 2.70. The molecule has 1 saturated heterocycles. The van der Waals surface area contributed by atoms with Gasteiger partial charge in [-0.05, 0) is 0 Å². The largest absolute Gasteiger partial charge is 0.331 e. The van der Waals surface area contributed by atoms with Crippen LogP contribution in [0, 0.1) is 10.8 Å². The number of hydrogen-bond acceptors (Lipinski definition) is 3. The van der Waals surface area contributed by atoms with E-state index in [1.165, 1.54) is 0 Å². The lowest BCUT2D eigenvalue weighted by Gasteiger charge is -2.59. The van der Waals surface area contributed by atoms with Gasteiger partial charge in [-0.2, -0.15) is 0 Å². The van der Waals surface area contributed by atoms with E-state index in [0.717, 1.165) is 0 Å². The van der Waals surface area contributed by atoms with E-state index in [2.05, 4.69) is 27.7 Å². The Bertz CT molecular complexity index is 235. The molecule has 1 aliphatic heterocycles. The van der Waals surface area contributed by atoms with Gasteiger partial charge in [0.25, 0.3) is 5.97 Å². The maximum Gasteiger partial charge on any atom is 0.280 e. The summed E-state index contributed by atoms with van der Waals surface area (Å²) in [5, 5.41) is 0. The highest BCUT2D eigenvalue weighted by molar-refractivity contribution is 5.14. The Hall–Kier alpha value is -0.120. The van der Waals surface area contributed by atoms with E-state index in [0.29, 0.717) is 0 Å². The zero-order chi connectivity index (χ0) is 10.8. The lowest BCUT2D eigenvalue weighted by Crippen LogP contribution is -2.65. The van der Waals surface area contributed by atoms with Crippen LogP contribution in [0.25, 0.3) is 0 Å². The molecular formula is C11H20O3. The first-order chi connectivity index (χ1) is 6.24. The van der Waals surface area contributed by atoms with Crippen molar-refractivity contribution in [2.75, 3.05) is 7.11 Å². The predicted octanol–water partition coefficient (Wildman–Crippen LogP) is 2.16. The fourth-order valence-electron chi connectivity index (χ4n) is 2.40. The van der Waals surface area contributed by atoms with Crippen LogP contribution in [-0.2, 0) is 14.2 Å². The molecule has 0 aromatic rings. The summed E-state index contributed by atoms with van der Waals surface area (Å²) in [7, 11) is 1.62. The summed E-state index contributed by atoms with van der Waals surface area (Å²) < 4.78 is 16.8. The van der Waals surface area contributed by atoms with Gasteiger partial charge >= 0.3 is 0 Å². The van der Waals surface area contributed by atoms with Gasteiger partial charge in [0.1, 0.15) is 0 Å². The van der Waals surface area contributed by atoms with Crippen molar-refractivity contribution in [2.24, 2.45) is 10.8 Å². The van der Waals surface area contributed by atoms with Crippen LogP contribution < -0.4 is 0 Å². The average molecular weight is 200 g/mol. The summed E-state index contributed by atoms with van der Waals surface area (Å²) in [6, 6.07) is 0. The smallest absolute Gasteiger partial charge is 0.280 e. The van der Waals surface area contributed by atoms with Crippen molar-refractivity contribution in [3.8, 4) is 0 Å². The molecule has 0 aromatic carbocycles. The third kappa shape index (κ3) is 0.980. The first kappa shape index (κ1) is 10.4. The summed E-state index contributed by atoms with van der Waals surface area (Å²) in [4.78, 5) is 0. The SMILES string of the molecule is COC1(C)OC2C(O1)C(C)(C)C2(C)C. The van der Waals surface area contributed by atoms with Crippen LogP contribution >= 0.6 is 0 Å². The van der Waals surface area contributed by atoms with Gasteiger partial charge in [0, 0.05) is 24.9 Å². The van der Waals surface area contributed by atoms with Gasteiger partial charge in [-0.25, -0.2) is 0 Å². The average Bonchev–Trinajstić information content (AvgIpc) is 2.44. The van der Waals surface area contributed by atoms with Crippen LogP contribution in [0.1, 0.15) is 34.6 Å². The highest BCUT2D eigenvalue weighted by Crippen LogP contribution is 2.63. The van der Waals surface area contributed by atoms with Crippen LogP contribution in [-0.4, -0.2) is 25.3 Å². The highest BCUT2D eigenvalue weighted by atomic mass is 16.9. The van der Waals surface area contributed by atoms with Gasteiger partial charge in [0.05, 0.1) is 12.2 Å². The number of ether oxygens (including phenoxy) is 3. The predicted molar refractivity (Wildman–Crippen MR) is 52.7 cm³/mol. The lowest BCUT2D eigenvalue weighted by atomic mass is 9.49. The molecule has 0 radical (unpaired) electrons. The minimum atomic E-state index is -0.847. The van der Waals surface area contributed by atoms with Gasteiger partial charge in [0.2, 0.25) is 0 Å². The van der Waals surface area contributed by atoms with E-state index in [-0.39, 0.29) is 23.0 Å². The van der Waals surface area contributed by atoms with Crippen LogP contribution in [0.5, 0.6) is 0 Å². The quantitative estimate of drug-likeness (QED) is 0.649. The van der Waals surface area contributed by atoms with Crippen LogP contribution in [0.3, 0.4) is 0 Å². The first-order valence-electron chi connectivity index (χ1n) is 5.15. The molecule has 0 spiro atoms. The Morgan fingerprint density at radius 2 is 1.21 bits per heavy atom. The second-order valence-electron chi connectivity index (χ2n) is 5.59. The van der Waals surface area contributed by atoms with Gasteiger partial charge < -0.3 is 14.2 Å². The molecule has 0 amide bonds. The zero-order valence-electron chi connectivity index (χ0n) is 9.88. The molecule has 1 aliphatic carbocycles. The molecule has 14 heavy (non-hydrogen) atoms. The van der Waals surface area contributed by atoms with E-state index < -0.39 is 5.97 Å². The summed E-state index contributed by atoms with van der Waals surface area (Å²) >= 11 is 0. The Balaban J connectivity index is 2.23. The van der Waals surface area contributed by atoms with Crippen molar-refractivity contribution in [3.63, 3.8) is 0 Å². The summed E-state index contributed by atoms with van der Waals surface area (Å²) in [6.07, 6.45) is 0.310. The molecule has 1 heterocycles. The second-order valence-corrected chi connectivity index (χ2v) is 5.59. The maximum absolute atomic E-state index is 5.80. The number of methoxy groups -OCH3 is 1. The molecule has 0 N–H and O–H groups in total. The Kier molecular flexibility index (Phi) is 1.87. The van der Waals surface area contributed by atoms with Crippen LogP contribution in [0.4, 0.5) is 0 Å². The lowest BCUT2D eigenvalue weighted by molar-refractivity contribution is -0.316. The fraction of sp³-hybridized carbons (Fsp3) is 1.00. The molecule has 3 nitrogen and oxygen atoms in total. The van der Waals surface area contributed by atoms with Gasteiger partial charge in [-0.1, -0.05) is 27.7 Å². The van der Waals surface area contributed by atoms with E-state index in [4.69, 9.17) is 14.2 Å². The van der Waals surface area contributed by atoms with Crippen molar-refractivity contribution >= 4 is 0 Å². The minimum absolute atomic E-state index is 0.147. The molecule has 2 unspecified atom stereocenters.